The third-order valence-electron chi connectivity index (χ3n) is 0.791. The highest BCUT2D eigenvalue weighted by atomic mass is 16.3. The van der Waals surface area contributed by atoms with E-state index in [0.29, 0.717) is 6.54 Å². The van der Waals surface area contributed by atoms with Crippen LogP contribution in [0.4, 0.5) is 0 Å². The quantitative estimate of drug-likeness (QED) is 0.432. The van der Waals surface area contributed by atoms with Gasteiger partial charge in [0.1, 0.15) is 0 Å². The predicted octanol–water partition coefficient (Wildman–Crippen LogP) is -0.442. The topological polar surface area (TPSA) is 49.3 Å². The van der Waals surface area contributed by atoms with E-state index in [1.807, 2.05) is 0 Å². The van der Waals surface area contributed by atoms with Crippen LogP contribution in [-0.4, -0.2) is 17.6 Å². The van der Waals surface area contributed by atoms with E-state index in [2.05, 4.69) is 5.32 Å². The van der Waals surface area contributed by atoms with Crippen molar-refractivity contribution in [3.05, 3.63) is 11.8 Å². The van der Waals surface area contributed by atoms with Gasteiger partial charge in [-0.2, -0.15) is 0 Å². The first-order valence-electron chi connectivity index (χ1n) is 1.98. The Hall–Kier alpha value is -0.990. The molecule has 38 valence electrons. The molecule has 0 aromatic rings. The Bertz CT molecular complexity index is 128. The molecule has 1 aliphatic heterocycles. The summed E-state index contributed by atoms with van der Waals surface area (Å²) in [5, 5.41) is 10.8. The molecule has 1 aliphatic rings. The fourth-order valence-corrected chi connectivity index (χ4v) is 0.424. The standard InChI is InChI=1S/C4H5NO2/c6-3-1-2-5-4(3)7/h1,6H,2H2,(H,5,7). The van der Waals surface area contributed by atoms with Gasteiger partial charge < -0.3 is 10.4 Å². The smallest absolute Gasteiger partial charge is 0.286 e. The van der Waals surface area contributed by atoms with Crippen molar-refractivity contribution in [2.75, 3.05) is 6.54 Å². The second-order valence-corrected chi connectivity index (χ2v) is 1.30. The molecular weight excluding hydrogens is 94.0 g/mol. The van der Waals surface area contributed by atoms with Crippen molar-refractivity contribution >= 4 is 5.91 Å². The lowest BCUT2D eigenvalue weighted by Gasteiger charge is -1.84. The van der Waals surface area contributed by atoms with Gasteiger partial charge in [0.25, 0.3) is 5.91 Å². The van der Waals surface area contributed by atoms with Gasteiger partial charge in [0.15, 0.2) is 5.76 Å². The van der Waals surface area contributed by atoms with Crippen molar-refractivity contribution in [2.45, 2.75) is 0 Å². The van der Waals surface area contributed by atoms with Crippen molar-refractivity contribution in [1.82, 2.24) is 5.32 Å². The van der Waals surface area contributed by atoms with Crippen molar-refractivity contribution < 1.29 is 9.90 Å². The molecule has 3 heteroatoms. The van der Waals surface area contributed by atoms with E-state index in [4.69, 9.17) is 5.11 Å². The molecule has 3 nitrogen and oxygen atoms in total. The number of carbonyl (C=O) groups excluding carboxylic acids is 1. The SMILES string of the molecule is O=C1NCC=C1O. The summed E-state index contributed by atoms with van der Waals surface area (Å²) in [7, 11) is 0. The molecule has 0 aliphatic carbocycles. The Labute approximate surface area is 40.6 Å². The van der Waals surface area contributed by atoms with Gasteiger partial charge in [0.05, 0.1) is 0 Å². The first-order chi connectivity index (χ1) is 3.30. The van der Waals surface area contributed by atoms with Crippen LogP contribution >= 0.6 is 0 Å². The highest BCUT2D eigenvalue weighted by molar-refractivity contribution is 5.93. The number of aliphatic hydroxyl groups excluding tert-OH is 1. The molecule has 1 amide bonds. The third kappa shape index (κ3) is 0.559. The first-order valence-corrected chi connectivity index (χ1v) is 1.98. The average molecular weight is 99.1 g/mol. The maximum Gasteiger partial charge on any atom is 0.286 e. The van der Waals surface area contributed by atoms with Crippen LogP contribution in [0.25, 0.3) is 0 Å². The van der Waals surface area contributed by atoms with Crippen LogP contribution in [0.15, 0.2) is 11.8 Å². The van der Waals surface area contributed by atoms with E-state index < -0.39 is 0 Å². The lowest BCUT2D eigenvalue weighted by molar-refractivity contribution is -0.118. The zero-order chi connectivity index (χ0) is 5.28. The van der Waals surface area contributed by atoms with Gasteiger partial charge in [0.2, 0.25) is 0 Å². The Balaban J connectivity index is 2.72. The van der Waals surface area contributed by atoms with E-state index in [-0.39, 0.29) is 11.7 Å². The van der Waals surface area contributed by atoms with Crippen LogP contribution in [0.5, 0.6) is 0 Å². The lowest BCUT2D eigenvalue weighted by Crippen LogP contribution is -2.16. The number of carbonyl (C=O) groups is 1. The fraction of sp³-hybridized carbons (Fsp3) is 0.250. The molecule has 2 N–H and O–H groups in total. The second-order valence-electron chi connectivity index (χ2n) is 1.30. The van der Waals surface area contributed by atoms with Crippen LogP contribution < -0.4 is 5.32 Å². The normalized spacial score (nSPS) is 18.9. The highest BCUT2D eigenvalue weighted by Crippen LogP contribution is 1.92. The Kier molecular flexibility index (Phi) is 0.749. The number of aliphatic hydroxyl groups is 1. The Morgan fingerprint density at radius 2 is 2.57 bits per heavy atom. The lowest BCUT2D eigenvalue weighted by atomic mass is 10.5. The minimum absolute atomic E-state index is 0.167. The van der Waals surface area contributed by atoms with Crippen molar-refractivity contribution in [3.8, 4) is 0 Å². The Morgan fingerprint density at radius 3 is 2.71 bits per heavy atom. The van der Waals surface area contributed by atoms with Crippen LogP contribution in [0.1, 0.15) is 0 Å². The van der Waals surface area contributed by atoms with E-state index in [1.165, 1.54) is 6.08 Å². The minimum atomic E-state index is -0.375. The number of nitrogens with one attached hydrogen (secondary N) is 1. The average Bonchev–Trinajstić information content (AvgIpc) is 1.91. The molecule has 7 heavy (non-hydrogen) atoms. The summed E-state index contributed by atoms with van der Waals surface area (Å²) in [6, 6.07) is 0. The monoisotopic (exact) mass is 99.0 g/mol. The highest BCUT2D eigenvalue weighted by Gasteiger charge is 2.10. The summed E-state index contributed by atoms with van der Waals surface area (Å²) in [6.45, 7) is 0.463. The molecule has 1 heterocycles. The van der Waals surface area contributed by atoms with Crippen molar-refractivity contribution in [3.63, 3.8) is 0 Å². The summed E-state index contributed by atoms with van der Waals surface area (Å²) in [5.41, 5.74) is 0. The predicted molar refractivity (Wildman–Crippen MR) is 23.7 cm³/mol. The summed E-state index contributed by atoms with van der Waals surface area (Å²) >= 11 is 0. The van der Waals surface area contributed by atoms with Gasteiger partial charge in [0, 0.05) is 6.54 Å². The fourth-order valence-electron chi connectivity index (χ4n) is 0.424. The molecule has 0 spiro atoms. The van der Waals surface area contributed by atoms with Gasteiger partial charge >= 0.3 is 0 Å². The van der Waals surface area contributed by atoms with Gasteiger partial charge in [-0.25, -0.2) is 0 Å². The van der Waals surface area contributed by atoms with Gasteiger partial charge in [-0.1, -0.05) is 0 Å². The van der Waals surface area contributed by atoms with Crippen LogP contribution in [0.3, 0.4) is 0 Å². The maximum atomic E-state index is 10.1. The Morgan fingerprint density at radius 1 is 1.86 bits per heavy atom. The molecule has 0 bridgehead atoms. The van der Waals surface area contributed by atoms with Crippen LogP contribution in [0, 0.1) is 0 Å². The molecule has 0 aromatic carbocycles. The zero-order valence-corrected chi connectivity index (χ0v) is 3.64. The van der Waals surface area contributed by atoms with E-state index in [0.717, 1.165) is 0 Å². The molecule has 0 saturated carbocycles. The number of amides is 1. The van der Waals surface area contributed by atoms with E-state index >= 15 is 0 Å². The molecule has 0 unspecified atom stereocenters. The second kappa shape index (κ2) is 1.26. The van der Waals surface area contributed by atoms with Crippen molar-refractivity contribution in [2.24, 2.45) is 0 Å². The largest absolute Gasteiger partial charge is 0.503 e. The van der Waals surface area contributed by atoms with Crippen LogP contribution in [-0.2, 0) is 4.79 Å². The summed E-state index contributed by atoms with van der Waals surface area (Å²) < 4.78 is 0. The number of hydrogen-bond acceptors (Lipinski definition) is 2. The van der Waals surface area contributed by atoms with Crippen LogP contribution in [0.2, 0.25) is 0 Å². The van der Waals surface area contributed by atoms with Gasteiger partial charge in [-0.3, -0.25) is 4.79 Å². The van der Waals surface area contributed by atoms with Gasteiger partial charge in [-0.05, 0) is 6.08 Å². The van der Waals surface area contributed by atoms with E-state index in [9.17, 15) is 4.79 Å². The minimum Gasteiger partial charge on any atom is -0.503 e. The third-order valence-corrected chi connectivity index (χ3v) is 0.791. The molecule has 0 fully saturated rings. The molecular formula is C4H5NO2. The molecule has 1 rings (SSSR count). The first kappa shape index (κ1) is 4.18. The molecule has 0 aromatic heterocycles. The number of hydrogen-bond donors (Lipinski definition) is 2. The zero-order valence-electron chi connectivity index (χ0n) is 3.64. The molecule has 0 saturated heterocycles. The maximum absolute atomic E-state index is 10.1. The van der Waals surface area contributed by atoms with Gasteiger partial charge in [-0.15, -0.1) is 0 Å². The number of rotatable bonds is 0. The summed E-state index contributed by atoms with van der Waals surface area (Å²) in [6.07, 6.45) is 1.43. The molecule has 0 radical (unpaired) electrons. The van der Waals surface area contributed by atoms with E-state index in [1.54, 1.807) is 0 Å². The summed E-state index contributed by atoms with van der Waals surface area (Å²) in [5.74, 6) is -0.542. The summed E-state index contributed by atoms with van der Waals surface area (Å²) in [4.78, 5) is 10.1. The van der Waals surface area contributed by atoms with Crippen molar-refractivity contribution in [1.29, 1.82) is 0 Å². The molecule has 0 atom stereocenters.